The van der Waals surface area contributed by atoms with Crippen molar-refractivity contribution in [2.24, 2.45) is 4.99 Å². The molecular weight excluding hydrogens is 330 g/mol. The highest BCUT2D eigenvalue weighted by Crippen LogP contribution is 2.34. The highest BCUT2D eigenvalue weighted by atomic mass is 35.5. The summed E-state index contributed by atoms with van der Waals surface area (Å²) in [5, 5.41) is 0.718. The van der Waals surface area contributed by atoms with Gasteiger partial charge in [-0.25, -0.2) is 0 Å². The zero-order valence-corrected chi connectivity index (χ0v) is 14.8. The lowest BCUT2D eigenvalue weighted by molar-refractivity contribution is 0.0811. The van der Waals surface area contributed by atoms with Gasteiger partial charge >= 0.3 is 0 Å². The first kappa shape index (κ1) is 17.4. The summed E-state index contributed by atoms with van der Waals surface area (Å²) >= 11 is 5.96. The normalized spacial score (nSPS) is 13.7. The Kier molecular flexibility index (Phi) is 5.99. The minimum absolute atomic E-state index is 0.135. The number of ether oxygens (including phenoxy) is 1. The van der Waals surface area contributed by atoms with E-state index in [1.165, 1.54) is 0 Å². The number of rotatable bonds is 6. The van der Waals surface area contributed by atoms with Crippen LogP contribution in [0, 0.1) is 0 Å². The predicted octanol–water partition coefficient (Wildman–Crippen LogP) is 5.89. The van der Waals surface area contributed by atoms with Gasteiger partial charge in [0.25, 0.3) is 0 Å². The van der Waals surface area contributed by atoms with E-state index in [2.05, 4.69) is 24.3 Å². The Bertz CT molecular complexity index is 800. The number of nitrogens with zero attached hydrogens (tertiary/aromatic N) is 1. The van der Waals surface area contributed by atoms with Gasteiger partial charge in [-0.1, -0.05) is 84.4 Å². The Morgan fingerprint density at radius 3 is 1.92 bits per heavy atom. The molecule has 3 aromatic rings. The third kappa shape index (κ3) is 4.56. The van der Waals surface area contributed by atoms with E-state index in [1.807, 2.05) is 66.9 Å². The lowest BCUT2D eigenvalue weighted by Gasteiger charge is -2.24. The molecule has 3 aromatic carbocycles. The first-order chi connectivity index (χ1) is 12.3. The van der Waals surface area contributed by atoms with Gasteiger partial charge in [0.2, 0.25) is 0 Å². The molecule has 0 amide bonds. The van der Waals surface area contributed by atoms with E-state index < -0.39 is 0 Å². The molecule has 0 aliphatic heterocycles. The molecule has 3 rings (SSSR count). The number of methoxy groups -OCH3 is 1. The monoisotopic (exact) mass is 349 g/mol. The van der Waals surface area contributed by atoms with E-state index in [1.54, 1.807) is 7.11 Å². The largest absolute Gasteiger partial charge is 0.374 e. The SMILES string of the molecule is CO[C@@H](c1ccccc1)[C@H](N=Cc1ccc(Cl)cc1)c1ccccc1. The van der Waals surface area contributed by atoms with Crippen molar-refractivity contribution in [3.63, 3.8) is 0 Å². The average Bonchev–Trinajstić information content (AvgIpc) is 2.68. The summed E-state index contributed by atoms with van der Waals surface area (Å²) in [5.41, 5.74) is 3.23. The fourth-order valence-electron chi connectivity index (χ4n) is 2.79. The Hall–Kier alpha value is -2.42. The summed E-state index contributed by atoms with van der Waals surface area (Å²) in [5.74, 6) is 0. The Labute approximate surface area is 153 Å². The Morgan fingerprint density at radius 1 is 0.800 bits per heavy atom. The minimum atomic E-state index is -0.160. The van der Waals surface area contributed by atoms with E-state index >= 15 is 0 Å². The van der Waals surface area contributed by atoms with Gasteiger partial charge in [0.05, 0.1) is 0 Å². The lowest BCUT2D eigenvalue weighted by Crippen LogP contribution is -2.12. The molecule has 2 atom stereocenters. The summed E-state index contributed by atoms with van der Waals surface area (Å²) in [6.07, 6.45) is 1.72. The molecule has 0 heterocycles. The molecule has 25 heavy (non-hydrogen) atoms. The van der Waals surface area contributed by atoms with Gasteiger partial charge in [-0.05, 0) is 28.8 Å². The highest BCUT2D eigenvalue weighted by molar-refractivity contribution is 6.30. The molecular formula is C22H20ClNO. The quantitative estimate of drug-likeness (QED) is 0.508. The standard InChI is InChI=1S/C22H20ClNO/c1-25-22(19-10-6-3-7-11-19)21(18-8-4-2-5-9-18)24-16-17-12-14-20(23)15-13-17/h2-16,21-22H,1H3/t21-,22+/m1/s1. The number of halogens is 1. The van der Waals surface area contributed by atoms with Gasteiger partial charge in [0.1, 0.15) is 12.1 Å². The second kappa shape index (κ2) is 8.61. The average molecular weight is 350 g/mol. The smallest absolute Gasteiger partial charge is 0.109 e. The molecule has 0 radical (unpaired) electrons. The van der Waals surface area contributed by atoms with Crippen molar-refractivity contribution in [2.45, 2.75) is 12.1 Å². The third-order valence-electron chi connectivity index (χ3n) is 4.06. The molecule has 0 bridgehead atoms. The van der Waals surface area contributed by atoms with Crippen LogP contribution in [0.15, 0.2) is 89.9 Å². The molecule has 0 aliphatic rings. The molecule has 0 aromatic heterocycles. The molecule has 0 saturated heterocycles. The van der Waals surface area contributed by atoms with Crippen molar-refractivity contribution < 1.29 is 4.74 Å². The number of hydrogen-bond donors (Lipinski definition) is 0. The van der Waals surface area contributed by atoms with Crippen LogP contribution in [0.25, 0.3) is 0 Å². The van der Waals surface area contributed by atoms with Crippen molar-refractivity contribution in [3.8, 4) is 0 Å². The molecule has 0 unspecified atom stereocenters. The molecule has 126 valence electrons. The maximum atomic E-state index is 5.96. The maximum Gasteiger partial charge on any atom is 0.109 e. The fraction of sp³-hybridized carbons (Fsp3) is 0.136. The fourth-order valence-corrected chi connectivity index (χ4v) is 2.92. The number of hydrogen-bond acceptors (Lipinski definition) is 2. The second-order valence-corrected chi connectivity index (χ2v) is 6.19. The molecule has 0 spiro atoms. The van der Waals surface area contributed by atoms with E-state index in [4.69, 9.17) is 21.3 Å². The van der Waals surface area contributed by atoms with Crippen molar-refractivity contribution in [2.75, 3.05) is 7.11 Å². The summed E-state index contributed by atoms with van der Waals surface area (Å²) in [6, 6.07) is 27.9. The Balaban J connectivity index is 1.96. The van der Waals surface area contributed by atoms with Crippen LogP contribution in [0.2, 0.25) is 5.02 Å². The van der Waals surface area contributed by atoms with Crippen molar-refractivity contribution in [3.05, 3.63) is 107 Å². The van der Waals surface area contributed by atoms with Crippen LogP contribution < -0.4 is 0 Å². The van der Waals surface area contributed by atoms with E-state index in [0.29, 0.717) is 0 Å². The van der Waals surface area contributed by atoms with Crippen LogP contribution in [0.4, 0.5) is 0 Å². The van der Waals surface area contributed by atoms with Crippen LogP contribution in [0.5, 0.6) is 0 Å². The molecule has 0 fully saturated rings. The molecule has 2 nitrogen and oxygen atoms in total. The number of aliphatic imine (C=N–C) groups is 1. The summed E-state index contributed by atoms with van der Waals surface area (Å²) in [7, 11) is 1.73. The zero-order valence-electron chi connectivity index (χ0n) is 14.0. The first-order valence-electron chi connectivity index (χ1n) is 8.19. The van der Waals surface area contributed by atoms with E-state index in [-0.39, 0.29) is 12.1 Å². The Morgan fingerprint density at radius 2 is 1.36 bits per heavy atom. The van der Waals surface area contributed by atoms with Crippen molar-refractivity contribution in [1.29, 1.82) is 0 Å². The van der Waals surface area contributed by atoms with Crippen LogP contribution in [0.3, 0.4) is 0 Å². The summed E-state index contributed by atoms with van der Waals surface area (Å²) < 4.78 is 5.83. The zero-order chi connectivity index (χ0) is 17.5. The van der Waals surface area contributed by atoms with Gasteiger partial charge in [-0.15, -0.1) is 0 Å². The minimum Gasteiger partial charge on any atom is -0.374 e. The highest BCUT2D eigenvalue weighted by Gasteiger charge is 2.23. The predicted molar refractivity (Wildman–Crippen MR) is 104 cm³/mol. The van der Waals surface area contributed by atoms with Crippen molar-refractivity contribution in [1.82, 2.24) is 0 Å². The van der Waals surface area contributed by atoms with E-state index in [9.17, 15) is 0 Å². The van der Waals surface area contributed by atoms with Gasteiger partial charge in [0, 0.05) is 18.3 Å². The van der Waals surface area contributed by atoms with Gasteiger partial charge in [0.15, 0.2) is 0 Å². The molecule has 3 heteroatoms. The second-order valence-electron chi connectivity index (χ2n) is 5.75. The van der Waals surface area contributed by atoms with Gasteiger partial charge in [-0.3, -0.25) is 4.99 Å². The maximum absolute atomic E-state index is 5.96. The third-order valence-corrected chi connectivity index (χ3v) is 4.32. The topological polar surface area (TPSA) is 21.6 Å². The summed E-state index contributed by atoms with van der Waals surface area (Å²) in [4.78, 5) is 4.85. The number of benzene rings is 3. The van der Waals surface area contributed by atoms with Crippen LogP contribution in [-0.4, -0.2) is 13.3 Å². The summed E-state index contributed by atoms with van der Waals surface area (Å²) in [6.45, 7) is 0. The van der Waals surface area contributed by atoms with Crippen molar-refractivity contribution >= 4 is 17.8 Å². The first-order valence-corrected chi connectivity index (χ1v) is 8.57. The van der Waals surface area contributed by atoms with E-state index in [0.717, 1.165) is 21.7 Å². The molecule has 0 aliphatic carbocycles. The molecule has 0 N–H and O–H groups in total. The van der Waals surface area contributed by atoms with Gasteiger partial charge < -0.3 is 4.74 Å². The van der Waals surface area contributed by atoms with Crippen LogP contribution in [-0.2, 0) is 4.74 Å². The lowest BCUT2D eigenvalue weighted by atomic mass is 9.96. The van der Waals surface area contributed by atoms with Gasteiger partial charge in [-0.2, -0.15) is 0 Å². The molecule has 0 saturated carbocycles. The van der Waals surface area contributed by atoms with Crippen LogP contribution >= 0.6 is 11.6 Å². The van der Waals surface area contributed by atoms with Crippen LogP contribution in [0.1, 0.15) is 28.8 Å².